The third kappa shape index (κ3) is 6.81. The molecule has 2 aromatic carbocycles. The van der Waals surface area contributed by atoms with Crippen LogP contribution in [0.3, 0.4) is 0 Å². The van der Waals surface area contributed by atoms with Gasteiger partial charge in [-0.25, -0.2) is 13.2 Å². The first-order chi connectivity index (χ1) is 19.0. The maximum absolute atomic E-state index is 13.6. The molecular formula is C28H33N3O7S2. The van der Waals surface area contributed by atoms with Gasteiger partial charge >= 0.3 is 5.97 Å². The van der Waals surface area contributed by atoms with Crippen molar-refractivity contribution in [2.75, 3.05) is 31.5 Å². The van der Waals surface area contributed by atoms with Crippen LogP contribution in [0.2, 0.25) is 0 Å². The van der Waals surface area contributed by atoms with Crippen LogP contribution in [0.15, 0.2) is 64.2 Å². The van der Waals surface area contributed by atoms with Gasteiger partial charge in [0, 0.05) is 31.2 Å². The van der Waals surface area contributed by atoms with Gasteiger partial charge in [-0.1, -0.05) is 25.1 Å². The molecule has 40 heavy (non-hydrogen) atoms. The second-order valence-corrected chi connectivity index (χ2v) is 12.9. The first-order valence-corrected chi connectivity index (χ1v) is 15.1. The molecule has 1 aliphatic heterocycles. The summed E-state index contributed by atoms with van der Waals surface area (Å²) in [6.07, 6.45) is -0.336. The lowest BCUT2D eigenvalue weighted by Crippen LogP contribution is -2.49. The van der Waals surface area contributed by atoms with Crippen LogP contribution in [0.5, 0.6) is 5.75 Å². The minimum absolute atomic E-state index is 0.0973. The van der Waals surface area contributed by atoms with E-state index in [4.69, 9.17) is 9.84 Å². The summed E-state index contributed by atoms with van der Waals surface area (Å²) in [5, 5.41) is 20.7. The Kier molecular flexibility index (Phi) is 9.14. The molecule has 0 saturated heterocycles. The molecule has 4 rings (SSSR count). The molecule has 0 bridgehead atoms. The summed E-state index contributed by atoms with van der Waals surface area (Å²) in [5.74, 6) is -1.10. The number of nitrogens with one attached hydrogen (secondary N) is 1. The first kappa shape index (κ1) is 29.5. The van der Waals surface area contributed by atoms with Crippen molar-refractivity contribution in [1.82, 2.24) is 9.80 Å². The summed E-state index contributed by atoms with van der Waals surface area (Å²) >= 11 is 1.09. The van der Waals surface area contributed by atoms with Crippen LogP contribution in [0.25, 0.3) is 0 Å². The fourth-order valence-corrected chi connectivity index (χ4v) is 6.60. The second kappa shape index (κ2) is 12.4. The molecule has 3 atom stereocenters. The molecule has 0 spiro atoms. The standard InChI is InChI=1S/C28H33N3O7S2/c1-18-14-31(19(2)17-32)27(33)23-13-22(29-40(36,37)26-5-4-12-39-26)10-11-24(23)38-25(18)16-30(3)15-20-6-8-21(9-7-20)28(34)35/h4-13,18-19,25,29,32H,14-17H2,1-3H3,(H,34,35)/t18-,19-,25-/m1/s1. The molecule has 1 amide bonds. The number of anilines is 1. The summed E-state index contributed by atoms with van der Waals surface area (Å²) < 4.78 is 34.6. The van der Waals surface area contributed by atoms with Crippen molar-refractivity contribution in [2.45, 2.75) is 36.7 Å². The monoisotopic (exact) mass is 587 g/mol. The van der Waals surface area contributed by atoms with Crippen LogP contribution in [0, 0.1) is 5.92 Å². The van der Waals surface area contributed by atoms with Crippen molar-refractivity contribution >= 4 is 38.9 Å². The molecule has 0 aliphatic carbocycles. The van der Waals surface area contributed by atoms with Gasteiger partial charge in [0.1, 0.15) is 16.1 Å². The number of carboxylic acid groups (broad SMARTS) is 1. The van der Waals surface area contributed by atoms with Gasteiger partial charge in [-0.3, -0.25) is 14.4 Å². The SMILES string of the molecule is C[C@@H]1CN([C@H](C)CO)C(=O)c2cc(NS(=O)(=O)c3cccs3)ccc2O[C@@H]1CN(C)Cc1ccc(C(=O)O)cc1. The van der Waals surface area contributed by atoms with E-state index in [-0.39, 0.29) is 45.6 Å². The second-order valence-electron chi connectivity index (χ2n) is 10.1. The van der Waals surface area contributed by atoms with Crippen molar-refractivity contribution < 1.29 is 33.0 Å². The zero-order chi connectivity index (χ0) is 29.0. The number of sulfonamides is 1. The number of hydrogen-bond donors (Lipinski definition) is 3. The highest BCUT2D eigenvalue weighted by Crippen LogP contribution is 2.32. The number of amides is 1. The molecule has 3 N–H and O–H groups in total. The number of hydrogen-bond acceptors (Lipinski definition) is 8. The van der Waals surface area contributed by atoms with Crippen molar-refractivity contribution in [3.8, 4) is 5.75 Å². The molecule has 1 aromatic heterocycles. The lowest BCUT2D eigenvalue weighted by Gasteiger charge is -2.38. The topological polar surface area (TPSA) is 136 Å². The number of aliphatic hydroxyl groups excluding tert-OH is 1. The van der Waals surface area contributed by atoms with E-state index in [1.807, 2.05) is 14.0 Å². The smallest absolute Gasteiger partial charge is 0.335 e. The van der Waals surface area contributed by atoms with E-state index < -0.39 is 22.0 Å². The van der Waals surface area contributed by atoms with Crippen LogP contribution >= 0.6 is 11.3 Å². The average molecular weight is 588 g/mol. The van der Waals surface area contributed by atoms with Crippen LogP contribution in [0.4, 0.5) is 5.69 Å². The number of likely N-dealkylation sites (N-methyl/N-ethyl adjacent to an activating group) is 1. The lowest BCUT2D eigenvalue weighted by molar-refractivity contribution is 0.0341. The number of fused-ring (bicyclic) bond motifs is 1. The Labute approximate surface area is 237 Å². The number of rotatable bonds is 10. The Balaban J connectivity index is 1.59. The molecule has 0 unspecified atom stereocenters. The van der Waals surface area contributed by atoms with Crippen LogP contribution in [-0.2, 0) is 16.6 Å². The number of ether oxygens (including phenoxy) is 1. The average Bonchev–Trinajstić information content (AvgIpc) is 3.47. The van der Waals surface area contributed by atoms with Gasteiger partial charge < -0.3 is 19.8 Å². The minimum atomic E-state index is -3.81. The molecule has 214 valence electrons. The zero-order valence-electron chi connectivity index (χ0n) is 22.5. The van der Waals surface area contributed by atoms with Gasteiger partial charge in [0.2, 0.25) is 0 Å². The number of aromatic carboxylic acids is 1. The Morgan fingerprint density at radius 1 is 1.23 bits per heavy atom. The predicted octanol–water partition coefficient (Wildman–Crippen LogP) is 3.60. The van der Waals surface area contributed by atoms with E-state index in [9.17, 15) is 23.1 Å². The normalized spacial score (nSPS) is 18.4. The zero-order valence-corrected chi connectivity index (χ0v) is 24.1. The summed E-state index contributed by atoms with van der Waals surface area (Å²) in [4.78, 5) is 28.4. The van der Waals surface area contributed by atoms with Crippen molar-refractivity contribution in [3.63, 3.8) is 0 Å². The quantitative estimate of drug-likeness (QED) is 0.327. The van der Waals surface area contributed by atoms with E-state index in [0.29, 0.717) is 25.4 Å². The number of aliphatic hydroxyl groups is 1. The Morgan fingerprint density at radius 2 is 1.95 bits per heavy atom. The van der Waals surface area contributed by atoms with Gasteiger partial charge in [0.05, 0.1) is 23.8 Å². The first-order valence-electron chi connectivity index (χ1n) is 12.8. The van der Waals surface area contributed by atoms with E-state index in [0.717, 1.165) is 16.9 Å². The van der Waals surface area contributed by atoms with Gasteiger partial charge in [-0.05, 0) is 61.3 Å². The predicted molar refractivity (Wildman–Crippen MR) is 152 cm³/mol. The number of benzene rings is 2. The third-order valence-corrected chi connectivity index (χ3v) is 9.60. The fourth-order valence-electron chi connectivity index (χ4n) is 4.56. The molecular weight excluding hydrogens is 554 g/mol. The number of carboxylic acids is 1. The van der Waals surface area contributed by atoms with Gasteiger partial charge in [0.25, 0.3) is 15.9 Å². The molecule has 3 aromatic rings. The van der Waals surface area contributed by atoms with E-state index >= 15 is 0 Å². The summed E-state index contributed by atoms with van der Waals surface area (Å²) in [6, 6.07) is 14.0. The molecule has 1 aliphatic rings. The fraction of sp³-hybridized carbons (Fsp3) is 0.357. The van der Waals surface area contributed by atoms with E-state index in [1.54, 1.807) is 59.7 Å². The maximum atomic E-state index is 13.6. The van der Waals surface area contributed by atoms with Gasteiger partial charge in [-0.2, -0.15) is 0 Å². The molecule has 12 heteroatoms. The Hall–Kier alpha value is -3.45. The van der Waals surface area contributed by atoms with Crippen molar-refractivity contribution in [3.05, 3.63) is 76.7 Å². The third-order valence-electron chi connectivity index (χ3n) is 6.82. The largest absolute Gasteiger partial charge is 0.488 e. The van der Waals surface area contributed by atoms with Gasteiger partial charge in [-0.15, -0.1) is 11.3 Å². The summed E-state index contributed by atoms with van der Waals surface area (Å²) in [5.41, 5.74) is 1.60. The molecule has 0 fully saturated rings. The maximum Gasteiger partial charge on any atom is 0.335 e. The highest BCUT2D eigenvalue weighted by Gasteiger charge is 2.33. The lowest BCUT2D eigenvalue weighted by atomic mass is 9.99. The van der Waals surface area contributed by atoms with Crippen LogP contribution in [-0.4, -0.2) is 79.2 Å². The van der Waals surface area contributed by atoms with E-state index in [2.05, 4.69) is 9.62 Å². The highest BCUT2D eigenvalue weighted by molar-refractivity contribution is 7.94. The summed E-state index contributed by atoms with van der Waals surface area (Å²) in [7, 11) is -1.88. The minimum Gasteiger partial charge on any atom is -0.488 e. The number of carbonyl (C=O) groups is 2. The van der Waals surface area contributed by atoms with Crippen LogP contribution < -0.4 is 9.46 Å². The van der Waals surface area contributed by atoms with Crippen molar-refractivity contribution in [1.29, 1.82) is 0 Å². The van der Waals surface area contributed by atoms with Crippen LogP contribution in [0.1, 0.15) is 40.1 Å². The molecule has 0 radical (unpaired) electrons. The van der Waals surface area contributed by atoms with Crippen molar-refractivity contribution in [2.24, 2.45) is 5.92 Å². The molecule has 10 nitrogen and oxygen atoms in total. The molecule has 2 heterocycles. The molecule has 0 saturated carbocycles. The van der Waals surface area contributed by atoms with Gasteiger partial charge in [0.15, 0.2) is 0 Å². The highest BCUT2D eigenvalue weighted by atomic mass is 32.2. The number of thiophene rings is 1. The van der Waals surface area contributed by atoms with E-state index in [1.165, 1.54) is 12.1 Å². The Bertz CT molecular complexity index is 1440. The summed E-state index contributed by atoms with van der Waals surface area (Å²) in [6.45, 7) is 4.91. The number of carbonyl (C=O) groups excluding carboxylic acids is 1. The number of nitrogens with zero attached hydrogens (tertiary/aromatic N) is 2. The Morgan fingerprint density at radius 3 is 2.58 bits per heavy atom.